The number of hydrogen-bond donors (Lipinski definition) is 1. The molecule has 7 heteroatoms. The highest BCUT2D eigenvalue weighted by Crippen LogP contribution is 2.23. The maximum absolute atomic E-state index is 10.7. The molecule has 0 saturated carbocycles. The summed E-state index contributed by atoms with van der Waals surface area (Å²) >= 11 is 0. The summed E-state index contributed by atoms with van der Waals surface area (Å²) in [4.78, 5) is 16.3. The molecule has 0 aromatic carbocycles. The number of aromatic nitrogens is 1. The van der Waals surface area contributed by atoms with Crippen LogP contribution in [0.2, 0.25) is 0 Å². The summed E-state index contributed by atoms with van der Waals surface area (Å²) in [5.74, 6) is 1.01. The van der Waals surface area contributed by atoms with Gasteiger partial charge in [-0.05, 0) is 12.0 Å². The van der Waals surface area contributed by atoms with Gasteiger partial charge in [0.25, 0.3) is 0 Å². The Kier molecular flexibility index (Phi) is 5.50. The van der Waals surface area contributed by atoms with E-state index in [0.29, 0.717) is 24.9 Å². The molecule has 0 saturated heterocycles. The third kappa shape index (κ3) is 4.36. The van der Waals surface area contributed by atoms with Gasteiger partial charge in [-0.25, -0.2) is 4.98 Å². The predicted octanol–water partition coefficient (Wildman–Crippen LogP) is 1.68. The Morgan fingerprint density at radius 3 is 2.68 bits per heavy atom. The van der Waals surface area contributed by atoms with Gasteiger partial charge < -0.3 is 15.4 Å². The molecule has 0 atom stereocenters. The van der Waals surface area contributed by atoms with Crippen LogP contribution in [0, 0.1) is 16.0 Å². The van der Waals surface area contributed by atoms with Gasteiger partial charge in [0.2, 0.25) is 5.82 Å². The topological polar surface area (TPSA) is 94.5 Å². The minimum atomic E-state index is -0.534. The lowest BCUT2D eigenvalue weighted by Crippen LogP contribution is -2.31. The highest BCUT2D eigenvalue weighted by Gasteiger charge is 2.16. The zero-order chi connectivity index (χ0) is 14.4. The SMILES string of the molecule is COCCN(CC(C)C)c1ccc([N+](=O)[O-])c(N)n1. The second-order valence-electron chi connectivity index (χ2n) is 4.66. The fraction of sp³-hybridized carbons (Fsp3) is 0.583. The number of nitrogen functional groups attached to an aromatic ring is 1. The van der Waals surface area contributed by atoms with E-state index in [2.05, 4.69) is 18.8 Å². The maximum atomic E-state index is 10.7. The van der Waals surface area contributed by atoms with Crippen LogP contribution in [0.1, 0.15) is 13.8 Å². The second kappa shape index (κ2) is 6.89. The molecule has 1 heterocycles. The predicted molar refractivity (Wildman–Crippen MR) is 74.2 cm³/mol. The van der Waals surface area contributed by atoms with Crippen molar-refractivity contribution in [2.24, 2.45) is 5.92 Å². The van der Waals surface area contributed by atoms with E-state index in [1.165, 1.54) is 6.07 Å². The summed E-state index contributed by atoms with van der Waals surface area (Å²) in [7, 11) is 1.63. The quantitative estimate of drug-likeness (QED) is 0.597. The summed E-state index contributed by atoms with van der Waals surface area (Å²) in [5, 5.41) is 10.7. The lowest BCUT2D eigenvalue weighted by Gasteiger charge is -2.25. The van der Waals surface area contributed by atoms with Gasteiger partial charge in [0.15, 0.2) is 0 Å². The molecule has 0 unspecified atom stereocenters. The van der Waals surface area contributed by atoms with Gasteiger partial charge >= 0.3 is 5.69 Å². The molecule has 0 bridgehead atoms. The first kappa shape index (κ1) is 15.2. The van der Waals surface area contributed by atoms with Crippen LogP contribution in [0.25, 0.3) is 0 Å². The van der Waals surface area contributed by atoms with Crippen molar-refractivity contribution in [3.8, 4) is 0 Å². The van der Waals surface area contributed by atoms with Gasteiger partial charge in [0, 0.05) is 26.3 Å². The first-order valence-electron chi connectivity index (χ1n) is 6.10. The Morgan fingerprint density at radius 2 is 2.21 bits per heavy atom. The molecular formula is C12H20N4O3. The first-order chi connectivity index (χ1) is 8.95. The second-order valence-corrected chi connectivity index (χ2v) is 4.66. The minimum absolute atomic E-state index is 0.0614. The standard InChI is InChI=1S/C12H20N4O3/c1-9(2)8-15(6-7-19-3)11-5-4-10(16(17)18)12(13)14-11/h4-5,9H,6-8H2,1-3H3,(H2,13,14). The molecule has 1 rings (SSSR count). The minimum Gasteiger partial charge on any atom is -0.383 e. The van der Waals surface area contributed by atoms with E-state index >= 15 is 0 Å². The molecule has 0 fully saturated rings. The molecule has 0 spiro atoms. The van der Waals surface area contributed by atoms with Crippen molar-refractivity contribution in [1.29, 1.82) is 0 Å². The molecule has 1 aromatic heterocycles. The number of anilines is 2. The van der Waals surface area contributed by atoms with Crippen molar-refractivity contribution in [1.82, 2.24) is 4.98 Å². The fourth-order valence-electron chi connectivity index (χ4n) is 1.73. The Hall–Kier alpha value is -1.89. The number of rotatable bonds is 7. The molecule has 0 aliphatic heterocycles. The number of pyridine rings is 1. The summed E-state index contributed by atoms with van der Waals surface area (Å²) < 4.78 is 5.06. The van der Waals surface area contributed by atoms with Crippen LogP contribution in [0.15, 0.2) is 12.1 Å². The average molecular weight is 268 g/mol. The Balaban J connectivity index is 2.95. The van der Waals surface area contributed by atoms with Crippen molar-refractivity contribution in [3.63, 3.8) is 0 Å². The van der Waals surface area contributed by atoms with E-state index in [1.54, 1.807) is 13.2 Å². The van der Waals surface area contributed by atoms with E-state index in [1.807, 2.05) is 4.90 Å². The van der Waals surface area contributed by atoms with Crippen LogP contribution in [0.4, 0.5) is 17.3 Å². The summed E-state index contributed by atoms with van der Waals surface area (Å²) in [6.45, 7) is 6.20. The number of nitro groups is 1. The van der Waals surface area contributed by atoms with E-state index in [4.69, 9.17) is 10.5 Å². The number of nitrogens with two attached hydrogens (primary N) is 1. The van der Waals surface area contributed by atoms with Crippen LogP contribution in [-0.4, -0.2) is 36.7 Å². The Morgan fingerprint density at radius 1 is 1.53 bits per heavy atom. The lowest BCUT2D eigenvalue weighted by atomic mass is 10.2. The molecular weight excluding hydrogens is 248 g/mol. The van der Waals surface area contributed by atoms with Crippen molar-refractivity contribution < 1.29 is 9.66 Å². The Bertz CT molecular complexity index is 437. The van der Waals surface area contributed by atoms with Gasteiger partial charge in [-0.2, -0.15) is 0 Å². The third-order valence-electron chi connectivity index (χ3n) is 2.56. The number of methoxy groups -OCH3 is 1. The zero-order valence-electron chi connectivity index (χ0n) is 11.5. The van der Waals surface area contributed by atoms with E-state index in [9.17, 15) is 10.1 Å². The van der Waals surface area contributed by atoms with Gasteiger partial charge in [-0.1, -0.05) is 13.8 Å². The number of ether oxygens (including phenoxy) is 1. The zero-order valence-corrected chi connectivity index (χ0v) is 11.5. The van der Waals surface area contributed by atoms with E-state index in [-0.39, 0.29) is 11.5 Å². The third-order valence-corrected chi connectivity index (χ3v) is 2.56. The molecule has 0 amide bonds. The average Bonchev–Trinajstić information content (AvgIpc) is 2.33. The highest BCUT2D eigenvalue weighted by molar-refractivity contribution is 5.57. The molecule has 1 aromatic rings. The largest absolute Gasteiger partial charge is 0.383 e. The normalized spacial score (nSPS) is 10.7. The van der Waals surface area contributed by atoms with Crippen LogP contribution < -0.4 is 10.6 Å². The Labute approximate surface area is 112 Å². The van der Waals surface area contributed by atoms with Crippen LogP contribution in [-0.2, 0) is 4.74 Å². The molecule has 0 aliphatic carbocycles. The fourth-order valence-corrected chi connectivity index (χ4v) is 1.73. The van der Waals surface area contributed by atoms with Crippen molar-refractivity contribution in [2.75, 3.05) is 37.4 Å². The molecule has 106 valence electrons. The van der Waals surface area contributed by atoms with Crippen molar-refractivity contribution in [2.45, 2.75) is 13.8 Å². The monoisotopic (exact) mass is 268 g/mol. The smallest absolute Gasteiger partial charge is 0.311 e. The van der Waals surface area contributed by atoms with Crippen LogP contribution in [0.5, 0.6) is 0 Å². The number of nitrogens with zero attached hydrogens (tertiary/aromatic N) is 3. The van der Waals surface area contributed by atoms with Crippen LogP contribution >= 0.6 is 0 Å². The molecule has 7 nitrogen and oxygen atoms in total. The van der Waals surface area contributed by atoms with Gasteiger partial charge in [-0.3, -0.25) is 10.1 Å². The van der Waals surface area contributed by atoms with E-state index < -0.39 is 4.92 Å². The van der Waals surface area contributed by atoms with Gasteiger partial charge in [0.05, 0.1) is 11.5 Å². The van der Waals surface area contributed by atoms with Crippen LogP contribution in [0.3, 0.4) is 0 Å². The highest BCUT2D eigenvalue weighted by atomic mass is 16.6. The van der Waals surface area contributed by atoms with Gasteiger partial charge in [-0.15, -0.1) is 0 Å². The molecule has 19 heavy (non-hydrogen) atoms. The summed E-state index contributed by atoms with van der Waals surface area (Å²) in [6, 6.07) is 3.00. The first-order valence-corrected chi connectivity index (χ1v) is 6.10. The van der Waals surface area contributed by atoms with E-state index in [0.717, 1.165) is 6.54 Å². The van der Waals surface area contributed by atoms with Crippen molar-refractivity contribution >= 4 is 17.3 Å². The summed E-state index contributed by atoms with van der Waals surface area (Å²) in [5.41, 5.74) is 5.44. The maximum Gasteiger partial charge on any atom is 0.311 e. The molecule has 0 aliphatic rings. The molecule has 0 radical (unpaired) electrons. The lowest BCUT2D eigenvalue weighted by molar-refractivity contribution is -0.384. The summed E-state index contributed by atoms with van der Waals surface area (Å²) in [6.07, 6.45) is 0. The number of hydrogen-bond acceptors (Lipinski definition) is 6. The van der Waals surface area contributed by atoms with Crippen molar-refractivity contribution in [3.05, 3.63) is 22.2 Å². The van der Waals surface area contributed by atoms with Gasteiger partial charge in [0.1, 0.15) is 5.82 Å². The molecule has 2 N–H and O–H groups in total.